The molecule has 4 nitrogen and oxygen atoms in total. The van der Waals surface area contributed by atoms with E-state index < -0.39 is 35.7 Å². The van der Waals surface area contributed by atoms with Gasteiger partial charge in [0.05, 0.1) is 5.56 Å². The fraction of sp³-hybridized carbons (Fsp3) is 0.611. The van der Waals surface area contributed by atoms with Gasteiger partial charge in [0, 0.05) is 25.6 Å². The summed E-state index contributed by atoms with van der Waals surface area (Å²) in [5.74, 6) is -0.202. The van der Waals surface area contributed by atoms with Crippen molar-refractivity contribution in [1.82, 2.24) is 10.2 Å². The van der Waals surface area contributed by atoms with Crippen LogP contribution in [-0.2, 0) is 10.9 Å². The number of amides is 1. The number of likely N-dealkylation sites (tertiary alicyclic amines) is 1. The van der Waals surface area contributed by atoms with Crippen LogP contribution < -0.4 is 5.32 Å². The van der Waals surface area contributed by atoms with Crippen molar-refractivity contribution in [3.8, 4) is 0 Å². The van der Waals surface area contributed by atoms with E-state index in [2.05, 4.69) is 5.32 Å². The highest BCUT2D eigenvalue weighted by Gasteiger charge is 2.42. The molecule has 1 aromatic rings. The number of nitrogens with one attached hydrogen (secondary N) is 1. The molecule has 0 bridgehead atoms. The molecule has 0 aromatic heterocycles. The maximum atomic E-state index is 13.3. The Kier molecular flexibility index (Phi) is 6.22. The lowest BCUT2D eigenvalue weighted by Gasteiger charge is -2.40. The lowest BCUT2D eigenvalue weighted by Crippen LogP contribution is -2.55. The Morgan fingerprint density at radius 1 is 1.11 bits per heavy atom. The van der Waals surface area contributed by atoms with Crippen LogP contribution in [0.4, 0.5) is 31.1 Å². The molecule has 0 aliphatic carbocycles. The zero-order valence-electron chi connectivity index (χ0n) is 15.6. The molecule has 1 heterocycles. The number of alkyl halides is 6. The van der Waals surface area contributed by atoms with Gasteiger partial charge in [-0.25, -0.2) is 4.79 Å². The van der Waals surface area contributed by atoms with Crippen molar-refractivity contribution in [3.05, 3.63) is 35.4 Å². The molecule has 1 fully saturated rings. The second-order valence-electron chi connectivity index (χ2n) is 7.75. The molecule has 0 radical (unpaired) electrons. The first-order valence-electron chi connectivity index (χ1n) is 8.62. The maximum absolute atomic E-state index is 13.3. The Labute approximate surface area is 158 Å². The molecule has 0 spiro atoms. The molecule has 28 heavy (non-hydrogen) atoms. The first kappa shape index (κ1) is 22.3. The number of ether oxygens (including phenoxy) is 1. The Morgan fingerprint density at radius 2 is 1.64 bits per heavy atom. The molecule has 158 valence electrons. The standard InChI is InChI=1S/C18H22F6N2O2/c1-16(2,3)28-15(27)26-9-11(10-26)8-25-14(18(22,23)24)12-4-6-13(7-5-12)17(19,20)21/h4-7,11,14,25H,8-10H2,1-3H3. The van der Waals surface area contributed by atoms with E-state index in [1.165, 1.54) is 4.90 Å². The first-order valence-corrected chi connectivity index (χ1v) is 8.62. The molecule has 1 aromatic carbocycles. The summed E-state index contributed by atoms with van der Waals surface area (Å²) in [5.41, 5.74) is -1.97. The van der Waals surface area contributed by atoms with Crippen LogP contribution in [0.5, 0.6) is 0 Å². The summed E-state index contributed by atoms with van der Waals surface area (Å²) in [6.45, 7) is 5.59. The fourth-order valence-electron chi connectivity index (χ4n) is 2.75. The van der Waals surface area contributed by atoms with Crippen LogP contribution in [0, 0.1) is 5.92 Å². The highest BCUT2D eigenvalue weighted by atomic mass is 19.4. The topological polar surface area (TPSA) is 41.6 Å². The molecule has 10 heteroatoms. The number of carbonyl (C=O) groups is 1. The van der Waals surface area contributed by atoms with Crippen molar-refractivity contribution in [3.63, 3.8) is 0 Å². The third-order valence-corrected chi connectivity index (χ3v) is 4.12. The van der Waals surface area contributed by atoms with Crippen LogP contribution >= 0.6 is 0 Å². The van der Waals surface area contributed by atoms with Crippen molar-refractivity contribution in [2.75, 3.05) is 19.6 Å². The van der Waals surface area contributed by atoms with Crippen molar-refractivity contribution < 1.29 is 35.9 Å². The average Bonchev–Trinajstić information content (AvgIpc) is 2.45. The Morgan fingerprint density at radius 3 is 2.07 bits per heavy atom. The van der Waals surface area contributed by atoms with Gasteiger partial charge in [0.25, 0.3) is 0 Å². The monoisotopic (exact) mass is 412 g/mol. The van der Waals surface area contributed by atoms with E-state index in [0.29, 0.717) is 12.1 Å². The predicted octanol–water partition coefficient (Wildman–Crippen LogP) is 4.77. The number of rotatable bonds is 4. The summed E-state index contributed by atoms with van der Waals surface area (Å²) < 4.78 is 82.9. The van der Waals surface area contributed by atoms with E-state index in [1.54, 1.807) is 20.8 Å². The molecular formula is C18H22F6N2O2. The summed E-state index contributed by atoms with van der Waals surface area (Å²) in [6.07, 6.45) is -9.82. The third kappa shape index (κ3) is 6.02. The van der Waals surface area contributed by atoms with Gasteiger partial charge in [0.1, 0.15) is 11.6 Å². The van der Waals surface area contributed by atoms with E-state index in [9.17, 15) is 31.1 Å². The third-order valence-electron chi connectivity index (χ3n) is 4.12. The Balaban J connectivity index is 1.94. The Bertz CT molecular complexity index is 673. The van der Waals surface area contributed by atoms with Crippen molar-refractivity contribution in [2.24, 2.45) is 5.92 Å². The minimum atomic E-state index is -4.67. The molecule has 1 unspecified atom stereocenters. The van der Waals surface area contributed by atoms with Gasteiger partial charge >= 0.3 is 18.4 Å². The molecule has 1 aliphatic rings. The molecule has 1 N–H and O–H groups in total. The summed E-state index contributed by atoms with van der Waals surface area (Å²) in [6, 6.07) is 0.807. The normalized spacial score (nSPS) is 17.2. The van der Waals surface area contributed by atoms with Crippen LogP contribution in [0.2, 0.25) is 0 Å². The van der Waals surface area contributed by atoms with E-state index in [-0.39, 0.29) is 31.1 Å². The summed E-state index contributed by atoms with van der Waals surface area (Å²) in [7, 11) is 0. The average molecular weight is 412 g/mol. The molecule has 1 amide bonds. The lowest BCUT2D eigenvalue weighted by atomic mass is 9.98. The minimum Gasteiger partial charge on any atom is -0.444 e. The number of halogens is 6. The van der Waals surface area contributed by atoms with Crippen LogP contribution in [0.25, 0.3) is 0 Å². The SMILES string of the molecule is CC(C)(C)OC(=O)N1CC(CNC(c2ccc(C(F)(F)F)cc2)C(F)(F)F)C1. The van der Waals surface area contributed by atoms with Gasteiger partial charge < -0.3 is 15.0 Å². The van der Waals surface area contributed by atoms with Gasteiger partial charge in [-0.2, -0.15) is 26.3 Å². The molecule has 2 rings (SSSR count). The lowest BCUT2D eigenvalue weighted by molar-refractivity contribution is -0.158. The van der Waals surface area contributed by atoms with E-state index in [0.717, 1.165) is 12.1 Å². The van der Waals surface area contributed by atoms with Gasteiger partial charge in [-0.1, -0.05) is 12.1 Å². The second kappa shape index (κ2) is 7.81. The smallest absolute Gasteiger partial charge is 0.416 e. The summed E-state index contributed by atoms with van der Waals surface area (Å²) in [5, 5.41) is 2.36. The van der Waals surface area contributed by atoms with Crippen LogP contribution in [0.1, 0.15) is 37.9 Å². The van der Waals surface area contributed by atoms with Gasteiger partial charge in [-0.15, -0.1) is 0 Å². The van der Waals surface area contributed by atoms with Gasteiger partial charge in [-0.05, 0) is 38.5 Å². The largest absolute Gasteiger partial charge is 0.444 e. The van der Waals surface area contributed by atoms with Crippen molar-refractivity contribution >= 4 is 6.09 Å². The number of hydrogen-bond donors (Lipinski definition) is 1. The van der Waals surface area contributed by atoms with Crippen LogP contribution in [0.15, 0.2) is 24.3 Å². The number of hydrogen-bond acceptors (Lipinski definition) is 3. The van der Waals surface area contributed by atoms with Gasteiger partial charge in [0.15, 0.2) is 0 Å². The molecule has 0 saturated carbocycles. The van der Waals surface area contributed by atoms with Crippen LogP contribution in [0.3, 0.4) is 0 Å². The summed E-state index contributed by atoms with van der Waals surface area (Å²) >= 11 is 0. The predicted molar refractivity (Wildman–Crippen MR) is 89.5 cm³/mol. The zero-order chi connectivity index (χ0) is 21.3. The minimum absolute atomic E-state index is 0.0372. The molecular weight excluding hydrogens is 390 g/mol. The van der Waals surface area contributed by atoms with Crippen molar-refractivity contribution in [1.29, 1.82) is 0 Å². The van der Waals surface area contributed by atoms with Crippen molar-refractivity contribution in [2.45, 2.75) is 44.8 Å². The molecule has 1 saturated heterocycles. The fourth-order valence-corrected chi connectivity index (χ4v) is 2.75. The van der Waals surface area contributed by atoms with E-state index in [1.807, 2.05) is 0 Å². The number of nitrogens with zero attached hydrogens (tertiary/aromatic N) is 1. The number of carbonyl (C=O) groups excluding carboxylic acids is 1. The summed E-state index contributed by atoms with van der Waals surface area (Å²) in [4.78, 5) is 13.2. The Hall–Kier alpha value is -1.97. The van der Waals surface area contributed by atoms with Crippen LogP contribution in [-0.4, -0.2) is 42.4 Å². The van der Waals surface area contributed by atoms with E-state index in [4.69, 9.17) is 4.74 Å². The maximum Gasteiger partial charge on any atom is 0.416 e. The van der Waals surface area contributed by atoms with Gasteiger partial charge in [-0.3, -0.25) is 0 Å². The second-order valence-corrected chi connectivity index (χ2v) is 7.75. The quantitative estimate of drug-likeness (QED) is 0.725. The molecule has 1 atom stereocenters. The van der Waals surface area contributed by atoms with Gasteiger partial charge in [0.2, 0.25) is 0 Å². The number of benzene rings is 1. The van der Waals surface area contributed by atoms with E-state index >= 15 is 0 Å². The first-order chi connectivity index (χ1) is 12.7. The zero-order valence-corrected chi connectivity index (χ0v) is 15.6. The highest BCUT2D eigenvalue weighted by molar-refractivity contribution is 5.69. The molecule has 1 aliphatic heterocycles. The highest BCUT2D eigenvalue weighted by Crippen LogP contribution is 2.35.